The molecule has 0 radical (unpaired) electrons. The predicted molar refractivity (Wildman–Crippen MR) is 127 cm³/mol. The molecule has 0 N–H and O–H groups in total. The largest absolute Gasteiger partial charge is 0.529 e. The van der Waals surface area contributed by atoms with Gasteiger partial charge < -0.3 is 9.26 Å². The van der Waals surface area contributed by atoms with E-state index in [2.05, 4.69) is 13.8 Å². The van der Waals surface area contributed by atoms with Crippen molar-refractivity contribution in [2.75, 3.05) is 19.8 Å². The first-order valence-electron chi connectivity index (χ1n) is 13.1. The van der Waals surface area contributed by atoms with Gasteiger partial charge in [-0.3, -0.25) is 9.05 Å². The van der Waals surface area contributed by atoms with Crippen LogP contribution in [0.25, 0.3) is 0 Å². The average Bonchev–Trinajstić information content (AvgIpc) is 3.08. The summed E-state index contributed by atoms with van der Waals surface area (Å²) >= 11 is 0. The standard InChI is InChI=1S/C25H45O6P/c1-3-5-7-8-9-10-11-12-13-14-15-16-17-19-29-32(27)30-21-22-20-28-25(26)24(22)23(31-32)18-6-4-2/h22H,3-21H2,1-2H3/t22-,32+/m0/s1. The Labute approximate surface area is 195 Å². The molecule has 0 aromatic carbocycles. The van der Waals surface area contributed by atoms with Crippen LogP contribution < -0.4 is 0 Å². The molecule has 0 bridgehead atoms. The fourth-order valence-electron chi connectivity index (χ4n) is 4.25. The predicted octanol–water partition coefficient (Wildman–Crippen LogP) is 7.87. The summed E-state index contributed by atoms with van der Waals surface area (Å²) in [6.07, 6.45) is 18.9. The van der Waals surface area contributed by atoms with E-state index in [0.717, 1.165) is 25.7 Å². The Kier molecular flexibility index (Phi) is 13.6. The second-order valence-corrected chi connectivity index (χ2v) is 10.7. The van der Waals surface area contributed by atoms with Gasteiger partial charge in [0.2, 0.25) is 0 Å². The molecule has 2 aliphatic rings. The lowest BCUT2D eigenvalue weighted by Gasteiger charge is -2.18. The lowest BCUT2D eigenvalue weighted by molar-refractivity contribution is -0.135. The van der Waals surface area contributed by atoms with Gasteiger partial charge in [-0.1, -0.05) is 97.3 Å². The van der Waals surface area contributed by atoms with Gasteiger partial charge >= 0.3 is 13.8 Å². The highest BCUT2D eigenvalue weighted by Gasteiger charge is 2.43. The summed E-state index contributed by atoms with van der Waals surface area (Å²) in [7, 11) is -3.68. The Morgan fingerprint density at radius 2 is 1.38 bits per heavy atom. The van der Waals surface area contributed by atoms with E-state index in [1.54, 1.807) is 0 Å². The molecule has 7 heteroatoms. The SMILES string of the molecule is CCCCCCCCCCCCCCCO[P@]1(=O)OC[C@@H]2COC(=O)C2=C(CCCC)O1. The Hall–Kier alpha value is -0.840. The molecule has 6 nitrogen and oxygen atoms in total. The number of fused-ring (bicyclic) bond motifs is 1. The maximum Gasteiger partial charge on any atom is 0.529 e. The van der Waals surface area contributed by atoms with E-state index in [9.17, 15) is 9.36 Å². The third-order valence-corrected chi connectivity index (χ3v) is 7.66. The fourth-order valence-corrected chi connectivity index (χ4v) is 5.60. The number of carbonyl (C=O) groups is 1. The highest BCUT2D eigenvalue weighted by molar-refractivity contribution is 7.48. The summed E-state index contributed by atoms with van der Waals surface area (Å²) in [5.74, 6) is -0.162. The van der Waals surface area contributed by atoms with Crippen LogP contribution >= 0.6 is 7.82 Å². The Morgan fingerprint density at radius 3 is 1.97 bits per heavy atom. The minimum Gasteiger partial charge on any atom is -0.461 e. The zero-order valence-corrected chi connectivity index (χ0v) is 21.3. The van der Waals surface area contributed by atoms with E-state index in [1.165, 1.54) is 70.6 Å². The third kappa shape index (κ3) is 9.97. The van der Waals surface area contributed by atoms with E-state index >= 15 is 0 Å². The zero-order valence-electron chi connectivity index (χ0n) is 20.4. The maximum atomic E-state index is 13.0. The second-order valence-electron chi connectivity index (χ2n) is 9.15. The van der Waals surface area contributed by atoms with Gasteiger partial charge in [-0.2, -0.15) is 0 Å². The monoisotopic (exact) mass is 472 g/mol. The zero-order chi connectivity index (χ0) is 23.1. The van der Waals surface area contributed by atoms with E-state index < -0.39 is 7.82 Å². The number of hydrogen-bond donors (Lipinski definition) is 0. The van der Waals surface area contributed by atoms with Crippen LogP contribution in [-0.4, -0.2) is 25.8 Å². The summed E-state index contributed by atoms with van der Waals surface area (Å²) in [6.45, 7) is 5.06. The molecule has 186 valence electrons. The molecule has 2 atom stereocenters. The Bertz CT molecular complexity index is 618. The molecule has 0 amide bonds. The quantitative estimate of drug-likeness (QED) is 0.115. The molecule has 1 saturated heterocycles. The molecule has 0 unspecified atom stereocenters. The second kappa shape index (κ2) is 15.9. The van der Waals surface area contributed by atoms with Crippen molar-refractivity contribution in [1.29, 1.82) is 0 Å². The summed E-state index contributed by atoms with van der Waals surface area (Å²) < 4.78 is 35.0. The summed E-state index contributed by atoms with van der Waals surface area (Å²) in [5, 5.41) is 0. The van der Waals surface area contributed by atoms with Crippen LogP contribution in [0.4, 0.5) is 0 Å². The van der Waals surface area contributed by atoms with Crippen LogP contribution in [-0.2, 0) is 27.7 Å². The van der Waals surface area contributed by atoms with Crippen molar-refractivity contribution in [3.05, 3.63) is 11.3 Å². The van der Waals surface area contributed by atoms with Crippen LogP contribution in [0.1, 0.15) is 117 Å². The third-order valence-electron chi connectivity index (χ3n) is 6.25. The number of hydrogen-bond acceptors (Lipinski definition) is 6. The molecule has 0 aromatic rings. The number of esters is 1. The van der Waals surface area contributed by atoms with Crippen LogP contribution in [0.5, 0.6) is 0 Å². The number of phosphoric acid groups is 1. The molecular weight excluding hydrogens is 427 g/mol. The van der Waals surface area contributed by atoms with Gasteiger partial charge in [0.15, 0.2) is 0 Å². The van der Waals surface area contributed by atoms with Gasteiger partial charge in [0.25, 0.3) is 0 Å². The van der Waals surface area contributed by atoms with Gasteiger partial charge in [0.05, 0.1) is 24.7 Å². The number of allylic oxidation sites excluding steroid dienone is 1. The lowest BCUT2D eigenvalue weighted by atomic mass is 10.00. The van der Waals surface area contributed by atoms with Crippen molar-refractivity contribution >= 4 is 13.8 Å². The van der Waals surface area contributed by atoms with Crippen LogP contribution in [0.3, 0.4) is 0 Å². The molecule has 0 aromatic heterocycles. The topological polar surface area (TPSA) is 71.1 Å². The van der Waals surface area contributed by atoms with Crippen molar-refractivity contribution in [1.82, 2.24) is 0 Å². The fraction of sp³-hybridized carbons (Fsp3) is 0.880. The molecular formula is C25H45O6P. The molecule has 1 fully saturated rings. The van der Waals surface area contributed by atoms with Crippen molar-refractivity contribution in [2.45, 2.75) is 117 Å². The number of cyclic esters (lactones) is 1. The van der Waals surface area contributed by atoms with Gasteiger partial charge in [0.1, 0.15) is 12.4 Å². The Morgan fingerprint density at radius 1 is 0.812 bits per heavy atom. The van der Waals surface area contributed by atoms with Crippen molar-refractivity contribution in [3.63, 3.8) is 0 Å². The molecule has 2 rings (SSSR count). The number of ether oxygens (including phenoxy) is 1. The van der Waals surface area contributed by atoms with Gasteiger partial charge in [-0.05, 0) is 12.8 Å². The highest BCUT2D eigenvalue weighted by atomic mass is 31.2. The van der Waals surface area contributed by atoms with Crippen LogP contribution in [0.15, 0.2) is 11.3 Å². The minimum atomic E-state index is -3.68. The van der Waals surface area contributed by atoms with Gasteiger partial charge in [-0.25, -0.2) is 9.36 Å². The van der Waals surface area contributed by atoms with Crippen LogP contribution in [0.2, 0.25) is 0 Å². The lowest BCUT2D eigenvalue weighted by Crippen LogP contribution is -2.10. The molecule has 0 saturated carbocycles. The summed E-state index contributed by atoms with van der Waals surface area (Å²) in [5.41, 5.74) is 0.487. The minimum absolute atomic E-state index is 0.132. The number of carbonyl (C=O) groups excluding carboxylic acids is 1. The Balaban J connectivity index is 1.58. The highest BCUT2D eigenvalue weighted by Crippen LogP contribution is 2.55. The van der Waals surface area contributed by atoms with Gasteiger partial charge in [0, 0.05) is 6.42 Å². The first-order chi connectivity index (χ1) is 15.6. The molecule has 0 spiro atoms. The van der Waals surface area contributed by atoms with Crippen molar-refractivity contribution in [2.24, 2.45) is 5.92 Å². The summed E-state index contributed by atoms with van der Waals surface area (Å²) in [6, 6.07) is 0. The van der Waals surface area contributed by atoms with Crippen molar-refractivity contribution in [3.8, 4) is 0 Å². The van der Waals surface area contributed by atoms with E-state index in [4.69, 9.17) is 18.3 Å². The van der Waals surface area contributed by atoms with Crippen LogP contribution in [0, 0.1) is 5.92 Å². The maximum absolute atomic E-state index is 13.0. The number of unbranched alkanes of at least 4 members (excludes halogenated alkanes) is 13. The summed E-state index contributed by atoms with van der Waals surface area (Å²) in [4.78, 5) is 12.1. The number of rotatable bonds is 18. The first-order valence-corrected chi connectivity index (χ1v) is 14.5. The van der Waals surface area contributed by atoms with Crippen molar-refractivity contribution < 1.29 is 27.7 Å². The smallest absolute Gasteiger partial charge is 0.461 e. The molecule has 2 heterocycles. The van der Waals surface area contributed by atoms with Gasteiger partial charge in [-0.15, -0.1) is 0 Å². The molecule has 0 aliphatic carbocycles. The van der Waals surface area contributed by atoms with E-state index in [0.29, 0.717) is 24.4 Å². The normalized spacial score (nSPS) is 23.1. The average molecular weight is 473 g/mol. The number of phosphoric ester groups is 1. The molecule has 2 aliphatic heterocycles. The van der Waals surface area contributed by atoms with E-state index in [1.807, 2.05) is 0 Å². The van der Waals surface area contributed by atoms with E-state index in [-0.39, 0.29) is 25.1 Å². The molecule has 32 heavy (non-hydrogen) atoms. The first kappa shape index (κ1) is 27.4.